The van der Waals surface area contributed by atoms with Crippen LogP contribution >= 0.6 is 0 Å². The van der Waals surface area contributed by atoms with Crippen molar-refractivity contribution in [2.75, 3.05) is 13.2 Å². The highest BCUT2D eigenvalue weighted by Crippen LogP contribution is 2.22. The molecule has 0 fully saturated rings. The Morgan fingerprint density at radius 2 is 1.67 bits per heavy atom. The van der Waals surface area contributed by atoms with Crippen LogP contribution in [0, 0.1) is 11.3 Å². The van der Waals surface area contributed by atoms with E-state index in [1.165, 1.54) is 6.21 Å². The monoisotopic (exact) mass is 399 g/mol. The fraction of sp³-hybridized carbons (Fsp3) is 0.125. The molecule has 0 spiro atoms. The number of amides is 1. The number of nitrogens with zero attached hydrogens (tertiary/aromatic N) is 2. The second-order valence-corrected chi connectivity index (χ2v) is 6.27. The second-order valence-electron chi connectivity index (χ2n) is 6.27. The van der Waals surface area contributed by atoms with Crippen molar-refractivity contribution in [1.82, 2.24) is 5.43 Å². The number of hydrogen-bond donors (Lipinski definition) is 1. The topological polar surface area (TPSA) is 83.7 Å². The first-order valence-electron chi connectivity index (χ1n) is 9.46. The van der Waals surface area contributed by atoms with Gasteiger partial charge in [0.2, 0.25) is 0 Å². The van der Waals surface area contributed by atoms with Crippen molar-refractivity contribution in [2.24, 2.45) is 5.10 Å². The fourth-order valence-electron chi connectivity index (χ4n) is 2.71. The van der Waals surface area contributed by atoms with E-state index in [-0.39, 0.29) is 12.5 Å². The van der Waals surface area contributed by atoms with E-state index in [1.807, 2.05) is 55.5 Å². The number of carbonyl (C=O) groups is 1. The van der Waals surface area contributed by atoms with Crippen molar-refractivity contribution in [2.45, 2.75) is 6.92 Å². The molecule has 0 saturated carbocycles. The summed E-state index contributed by atoms with van der Waals surface area (Å²) >= 11 is 0. The molecule has 6 heteroatoms. The average Bonchev–Trinajstić information content (AvgIpc) is 2.79. The van der Waals surface area contributed by atoms with Crippen LogP contribution in [-0.4, -0.2) is 25.3 Å². The summed E-state index contributed by atoms with van der Waals surface area (Å²) in [6.07, 6.45) is 1.54. The second kappa shape index (κ2) is 10.4. The van der Waals surface area contributed by atoms with E-state index in [4.69, 9.17) is 14.7 Å². The van der Waals surface area contributed by atoms with Crippen molar-refractivity contribution in [3.05, 3.63) is 83.9 Å². The first-order chi connectivity index (χ1) is 14.7. The zero-order valence-corrected chi connectivity index (χ0v) is 16.5. The van der Waals surface area contributed by atoms with Crippen LogP contribution in [0.4, 0.5) is 0 Å². The SMILES string of the molecule is CCOc1ccccc1/C=N/NC(=O)COc1ccc(-c2ccc(C#N)cc2)cc1. The van der Waals surface area contributed by atoms with Crippen molar-refractivity contribution >= 4 is 12.1 Å². The Hall–Kier alpha value is -4.11. The number of nitrogens with one attached hydrogen (secondary N) is 1. The maximum Gasteiger partial charge on any atom is 0.277 e. The molecule has 0 aliphatic heterocycles. The van der Waals surface area contributed by atoms with Gasteiger partial charge in [-0.3, -0.25) is 4.79 Å². The standard InChI is InChI=1S/C24H21N3O3/c1-2-29-23-6-4-3-5-21(23)16-26-27-24(28)17-30-22-13-11-20(12-14-22)19-9-7-18(15-25)8-10-19/h3-14,16H,2,17H2,1H3,(H,27,28)/b26-16+. The van der Waals surface area contributed by atoms with E-state index in [0.29, 0.717) is 23.7 Å². The maximum atomic E-state index is 12.0. The molecule has 0 unspecified atom stereocenters. The van der Waals surface area contributed by atoms with Gasteiger partial charge in [-0.1, -0.05) is 36.4 Å². The molecule has 0 heterocycles. The van der Waals surface area contributed by atoms with Crippen LogP contribution in [0.5, 0.6) is 11.5 Å². The predicted octanol–water partition coefficient (Wildman–Crippen LogP) is 4.15. The van der Waals surface area contributed by atoms with Crippen LogP contribution in [0.2, 0.25) is 0 Å². The molecule has 0 aliphatic carbocycles. The molecule has 3 aromatic carbocycles. The zero-order chi connectivity index (χ0) is 21.2. The summed E-state index contributed by atoms with van der Waals surface area (Å²) in [4.78, 5) is 12.0. The van der Waals surface area contributed by atoms with Gasteiger partial charge in [-0.05, 0) is 54.4 Å². The lowest BCUT2D eigenvalue weighted by Crippen LogP contribution is -2.24. The highest BCUT2D eigenvalue weighted by atomic mass is 16.5. The van der Waals surface area contributed by atoms with Gasteiger partial charge in [0.15, 0.2) is 6.61 Å². The summed E-state index contributed by atoms with van der Waals surface area (Å²) in [5.41, 5.74) is 5.83. The minimum Gasteiger partial charge on any atom is -0.493 e. The first kappa shape index (κ1) is 20.6. The molecule has 30 heavy (non-hydrogen) atoms. The Kier molecular flexibility index (Phi) is 7.17. The Morgan fingerprint density at radius 3 is 2.33 bits per heavy atom. The van der Waals surface area contributed by atoms with Crippen molar-refractivity contribution in [3.8, 4) is 28.7 Å². The van der Waals surface area contributed by atoms with E-state index < -0.39 is 0 Å². The molecule has 1 N–H and O–H groups in total. The van der Waals surface area contributed by atoms with Gasteiger partial charge in [0.1, 0.15) is 11.5 Å². The third-order valence-corrected chi connectivity index (χ3v) is 4.18. The van der Waals surface area contributed by atoms with E-state index in [2.05, 4.69) is 16.6 Å². The third-order valence-electron chi connectivity index (χ3n) is 4.18. The summed E-state index contributed by atoms with van der Waals surface area (Å²) in [5, 5.41) is 12.8. The molecule has 0 atom stereocenters. The van der Waals surface area contributed by atoms with Gasteiger partial charge in [-0.2, -0.15) is 10.4 Å². The lowest BCUT2D eigenvalue weighted by Gasteiger charge is -2.07. The van der Waals surface area contributed by atoms with Crippen LogP contribution in [-0.2, 0) is 4.79 Å². The number of benzene rings is 3. The molecule has 0 radical (unpaired) electrons. The summed E-state index contributed by atoms with van der Waals surface area (Å²) in [6, 6.07) is 24.3. The molecule has 0 aliphatic rings. The highest BCUT2D eigenvalue weighted by Gasteiger charge is 2.04. The minimum atomic E-state index is -0.365. The Balaban J connectivity index is 1.50. The summed E-state index contributed by atoms with van der Waals surface area (Å²) in [6.45, 7) is 2.31. The van der Waals surface area contributed by atoms with Crippen molar-refractivity contribution in [1.29, 1.82) is 5.26 Å². The summed E-state index contributed by atoms with van der Waals surface area (Å²) < 4.78 is 11.0. The molecule has 6 nitrogen and oxygen atoms in total. The van der Waals surface area contributed by atoms with Crippen LogP contribution in [0.3, 0.4) is 0 Å². The lowest BCUT2D eigenvalue weighted by atomic mass is 10.0. The number of nitriles is 1. The highest BCUT2D eigenvalue weighted by molar-refractivity contribution is 5.85. The van der Waals surface area contributed by atoms with Gasteiger partial charge in [0.25, 0.3) is 5.91 Å². The molecule has 150 valence electrons. The largest absolute Gasteiger partial charge is 0.493 e. The van der Waals surface area contributed by atoms with Crippen LogP contribution in [0.25, 0.3) is 11.1 Å². The van der Waals surface area contributed by atoms with Crippen LogP contribution in [0.15, 0.2) is 77.9 Å². The Bertz CT molecular complexity index is 1050. The number of rotatable bonds is 8. The van der Waals surface area contributed by atoms with Crippen LogP contribution < -0.4 is 14.9 Å². The molecule has 1 amide bonds. The maximum absolute atomic E-state index is 12.0. The van der Waals surface area contributed by atoms with E-state index in [9.17, 15) is 4.79 Å². The number of ether oxygens (including phenoxy) is 2. The molecular weight excluding hydrogens is 378 g/mol. The number of hydrogen-bond acceptors (Lipinski definition) is 5. The minimum absolute atomic E-state index is 0.152. The number of hydrazone groups is 1. The quantitative estimate of drug-likeness (QED) is 0.455. The fourth-order valence-corrected chi connectivity index (χ4v) is 2.71. The lowest BCUT2D eigenvalue weighted by molar-refractivity contribution is -0.123. The van der Waals surface area contributed by atoms with Crippen molar-refractivity contribution < 1.29 is 14.3 Å². The molecule has 0 bridgehead atoms. The predicted molar refractivity (Wildman–Crippen MR) is 115 cm³/mol. The molecule has 3 aromatic rings. The summed E-state index contributed by atoms with van der Waals surface area (Å²) in [7, 11) is 0. The number of carbonyl (C=O) groups excluding carboxylic acids is 1. The molecule has 0 saturated heterocycles. The van der Waals surface area contributed by atoms with Gasteiger partial charge in [0.05, 0.1) is 24.5 Å². The van der Waals surface area contributed by atoms with Crippen molar-refractivity contribution in [3.63, 3.8) is 0 Å². The summed E-state index contributed by atoms with van der Waals surface area (Å²) in [5.74, 6) is 0.918. The Labute approximate surface area is 175 Å². The molecular formula is C24H21N3O3. The van der Waals surface area contributed by atoms with E-state index in [0.717, 1.165) is 16.7 Å². The first-order valence-corrected chi connectivity index (χ1v) is 9.46. The normalized spacial score (nSPS) is 10.4. The number of para-hydroxylation sites is 1. The van der Waals surface area contributed by atoms with Gasteiger partial charge in [0, 0.05) is 5.56 Å². The Morgan fingerprint density at radius 1 is 1.00 bits per heavy atom. The van der Waals surface area contributed by atoms with E-state index in [1.54, 1.807) is 24.3 Å². The van der Waals surface area contributed by atoms with Crippen LogP contribution in [0.1, 0.15) is 18.1 Å². The molecule has 0 aromatic heterocycles. The van der Waals surface area contributed by atoms with Gasteiger partial charge < -0.3 is 9.47 Å². The van der Waals surface area contributed by atoms with Gasteiger partial charge in [-0.25, -0.2) is 5.43 Å². The van der Waals surface area contributed by atoms with Gasteiger partial charge >= 0.3 is 0 Å². The van der Waals surface area contributed by atoms with Gasteiger partial charge in [-0.15, -0.1) is 0 Å². The third kappa shape index (κ3) is 5.69. The molecule has 3 rings (SSSR count). The smallest absolute Gasteiger partial charge is 0.277 e. The zero-order valence-electron chi connectivity index (χ0n) is 16.5. The average molecular weight is 399 g/mol. The van der Waals surface area contributed by atoms with E-state index >= 15 is 0 Å².